The molecule has 0 radical (unpaired) electrons. The quantitative estimate of drug-likeness (QED) is 0.901. The third-order valence-electron chi connectivity index (χ3n) is 3.34. The third kappa shape index (κ3) is 3.38. The SMILES string of the molecule is CC(=O)N1CCc2ccc(NC(=O)CC(C)(C)C)cc21. The number of carbonyl (C=O) groups is 2. The van der Waals surface area contributed by atoms with Gasteiger partial charge in [0.05, 0.1) is 0 Å². The molecule has 0 spiro atoms. The van der Waals surface area contributed by atoms with Crippen LogP contribution < -0.4 is 10.2 Å². The summed E-state index contributed by atoms with van der Waals surface area (Å²) < 4.78 is 0. The average Bonchev–Trinajstić information content (AvgIpc) is 2.69. The van der Waals surface area contributed by atoms with Crippen LogP contribution in [0, 0.1) is 5.41 Å². The van der Waals surface area contributed by atoms with E-state index in [1.807, 2.05) is 39.0 Å². The molecule has 1 N–H and O–H groups in total. The Labute approximate surface area is 120 Å². The van der Waals surface area contributed by atoms with Crippen molar-refractivity contribution < 1.29 is 9.59 Å². The molecular formula is C16H22N2O2. The largest absolute Gasteiger partial charge is 0.326 e. The molecule has 0 saturated heterocycles. The topological polar surface area (TPSA) is 49.4 Å². The summed E-state index contributed by atoms with van der Waals surface area (Å²) in [5, 5.41) is 2.91. The van der Waals surface area contributed by atoms with Crippen LogP contribution in [0.2, 0.25) is 0 Å². The normalized spacial score (nSPS) is 14.1. The van der Waals surface area contributed by atoms with Crippen LogP contribution in [-0.4, -0.2) is 18.4 Å². The summed E-state index contributed by atoms with van der Waals surface area (Å²) in [7, 11) is 0. The maximum absolute atomic E-state index is 12.0. The fraction of sp³-hybridized carbons (Fsp3) is 0.500. The molecule has 2 amide bonds. The van der Waals surface area contributed by atoms with E-state index in [0.29, 0.717) is 6.42 Å². The number of hydrogen-bond donors (Lipinski definition) is 1. The van der Waals surface area contributed by atoms with Gasteiger partial charge in [0.25, 0.3) is 0 Å². The Hall–Kier alpha value is -1.84. The summed E-state index contributed by atoms with van der Waals surface area (Å²) in [6.07, 6.45) is 1.35. The van der Waals surface area contributed by atoms with Gasteiger partial charge in [0, 0.05) is 31.3 Å². The number of fused-ring (bicyclic) bond motifs is 1. The number of nitrogens with one attached hydrogen (secondary N) is 1. The molecule has 4 heteroatoms. The van der Waals surface area contributed by atoms with Gasteiger partial charge in [0.15, 0.2) is 0 Å². The van der Waals surface area contributed by atoms with Crippen LogP contribution in [0.1, 0.15) is 39.7 Å². The second-order valence-electron chi connectivity index (χ2n) is 6.55. The molecule has 0 bridgehead atoms. The lowest BCUT2D eigenvalue weighted by Gasteiger charge is -2.18. The van der Waals surface area contributed by atoms with E-state index in [4.69, 9.17) is 0 Å². The van der Waals surface area contributed by atoms with Crippen LogP contribution >= 0.6 is 0 Å². The van der Waals surface area contributed by atoms with Crippen molar-refractivity contribution in [2.45, 2.75) is 40.5 Å². The number of amides is 2. The van der Waals surface area contributed by atoms with Gasteiger partial charge in [-0.1, -0.05) is 26.8 Å². The molecular weight excluding hydrogens is 252 g/mol. The molecule has 1 aromatic rings. The average molecular weight is 274 g/mol. The second kappa shape index (κ2) is 5.27. The van der Waals surface area contributed by atoms with Gasteiger partial charge in [-0.2, -0.15) is 0 Å². The highest BCUT2D eigenvalue weighted by atomic mass is 16.2. The number of nitrogens with zero attached hydrogens (tertiary/aromatic N) is 1. The van der Waals surface area contributed by atoms with Crippen molar-refractivity contribution in [1.29, 1.82) is 0 Å². The smallest absolute Gasteiger partial charge is 0.224 e. The maximum atomic E-state index is 12.0. The van der Waals surface area contributed by atoms with Crippen molar-refractivity contribution in [2.75, 3.05) is 16.8 Å². The molecule has 108 valence electrons. The zero-order chi connectivity index (χ0) is 14.9. The Kier molecular flexibility index (Phi) is 3.84. The Morgan fingerprint density at radius 3 is 2.60 bits per heavy atom. The monoisotopic (exact) mass is 274 g/mol. The highest BCUT2D eigenvalue weighted by Gasteiger charge is 2.23. The molecule has 20 heavy (non-hydrogen) atoms. The third-order valence-corrected chi connectivity index (χ3v) is 3.34. The standard InChI is InChI=1S/C16H22N2O2/c1-11(19)18-8-7-12-5-6-13(9-14(12)18)17-15(20)10-16(2,3)4/h5-6,9H,7-8,10H2,1-4H3,(H,17,20). The molecule has 1 heterocycles. The number of rotatable bonds is 2. The van der Waals surface area contributed by atoms with Gasteiger partial charge in [-0.15, -0.1) is 0 Å². The van der Waals surface area contributed by atoms with E-state index in [0.717, 1.165) is 29.9 Å². The Morgan fingerprint density at radius 2 is 2.00 bits per heavy atom. The second-order valence-corrected chi connectivity index (χ2v) is 6.55. The minimum absolute atomic E-state index is 0.00446. The first-order valence-corrected chi connectivity index (χ1v) is 6.97. The van der Waals surface area contributed by atoms with Crippen LogP contribution in [0.25, 0.3) is 0 Å². The van der Waals surface area contributed by atoms with Gasteiger partial charge in [0.1, 0.15) is 0 Å². The first kappa shape index (κ1) is 14.6. The van der Waals surface area contributed by atoms with Crippen LogP contribution in [0.3, 0.4) is 0 Å². The molecule has 0 unspecified atom stereocenters. The highest BCUT2D eigenvalue weighted by Crippen LogP contribution is 2.31. The fourth-order valence-corrected chi connectivity index (χ4v) is 2.47. The first-order chi connectivity index (χ1) is 9.26. The molecule has 0 aliphatic carbocycles. The first-order valence-electron chi connectivity index (χ1n) is 6.97. The lowest BCUT2D eigenvalue weighted by atomic mass is 9.92. The maximum Gasteiger partial charge on any atom is 0.224 e. The van der Waals surface area contributed by atoms with Crippen LogP contribution in [0.5, 0.6) is 0 Å². The molecule has 1 aromatic carbocycles. The van der Waals surface area contributed by atoms with E-state index in [-0.39, 0.29) is 17.2 Å². The van der Waals surface area contributed by atoms with Crippen molar-refractivity contribution in [1.82, 2.24) is 0 Å². The van der Waals surface area contributed by atoms with E-state index in [9.17, 15) is 9.59 Å². The van der Waals surface area contributed by atoms with Crippen molar-refractivity contribution in [3.05, 3.63) is 23.8 Å². The highest BCUT2D eigenvalue weighted by molar-refractivity contribution is 5.96. The summed E-state index contributed by atoms with van der Waals surface area (Å²) in [4.78, 5) is 25.3. The van der Waals surface area contributed by atoms with Gasteiger partial charge in [-0.25, -0.2) is 0 Å². The Bertz CT molecular complexity index is 544. The molecule has 0 atom stereocenters. The summed E-state index contributed by atoms with van der Waals surface area (Å²) in [5.74, 6) is 0.0479. The number of benzene rings is 1. The Balaban J connectivity index is 2.14. The van der Waals surface area contributed by atoms with E-state index in [1.54, 1.807) is 11.8 Å². The molecule has 2 rings (SSSR count). The number of hydrogen-bond acceptors (Lipinski definition) is 2. The minimum atomic E-state index is -0.0355. The predicted molar refractivity (Wildman–Crippen MR) is 80.9 cm³/mol. The molecule has 4 nitrogen and oxygen atoms in total. The predicted octanol–water partition coefficient (Wildman–Crippen LogP) is 2.97. The lowest BCUT2D eigenvalue weighted by Crippen LogP contribution is -2.26. The number of anilines is 2. The lowest BCUT2D eigenvalue weighted by molar-refractivity contribution is -0.118. The van der Waals surface area contributed by atoms with E-state index in [2.05, 4.69) is 5.32 Å². The minimum Gasteiger partial charge on any atom is -0.326 e. The number of carbonyl (C=O) groups excluding carboxylic acids is 2. The van der Waals surface area contributed by atoms with Gasteiger partial charge < -0.3 is 10.2 Å². The Morgan fingerprint density at radius 1 is 1.30 bits per heavy atom. The van der Waals surface area contributed by atoms with E-state index >= 15 is 0 Å². The molecule has 1 aliphatic heterocycles. The van der Waals surface area contributed by atoms with Crippen molar-refractivity contribution in [3.63, 3.8) is 0 Å². The molecule has 0 fully saturated rings. The fourth-order valence-electron chi connectivity index (χ4n) is 2.47. The molecule has 0 aromatic heterocycles. The van der Waals surface area contributed by atoms with Crippen LogP contribution in [0.4, 0.5) is 11.4 Å². The van der Waals surface area contributed by atoms with Crippen LogP contribution in [0.15, 0.2) is 18.2 Å². The van der Waals surface area contributed by atoms with Crippen molar-refractivity contribution >= 4 is 23.2 Å². The molecule has 0 saturated carbocycles. The van der Waals surface area contributed by atoms with Gasteiger partial charge in [0.2, 0.25) is 11.8 Å². The van der Waals surface area contributed by atoms with Crippen LogP contribution in [-0.2, 0) is 16.0 Å². The van der Waals surface area contributed by atoms with Crippen molar-refractivity contribution in [2.24, 2.45) is 5.41 Å². The van der Waals surface area contributed by atoms with Crippen molar-refractivity contribution in [3.8, 4) is 0 Å². The zero-order valence-electron chi connectivity index (χ0n) is 12.6. The van der Waals surface area contributed by atoms with Gasteiger partial charge in [-0.05, 0) is 29.5 Å². The van der Waals surface area contributed by atoms with Gasteiger partial charge in [-0.3, -0.25) is 9.59 Å². The van der Waals surface area contributed by atoms with Gasteiger partial charge >= 0.3 is 0 Å². The summed E-state index contributed by atoms with van der Waals surface area (Å²) in [5.41, 5.74) is 2.80. The summed E-state index contributed by atoms with van der Waals surface area (Å²) >= 11 is 0. The zero-order valence-corrected chi connectivity index (χ0v) is 12.6. The summed E-state index contributed by atoms with van der Waals surface area (Å²) in [6.45, 7) is 8.40. The molecule has 1 aliphatic rings. The van der Waals surface area contributed by atoms with E-state index in [1.165, 1.54) is 0 Å². The summed E-state index contributed by atoms with van der Waals surface area (Å²) in [6, 6.07) is 5.79. The van der Waals surface area contributed by atoms with E-state index < -0.39 is 0 Å².